The first-order chi connectivity index (χ1) is 7.96. The van der Waals surface area contributed by atoms with Gasteiger partial charge in [0.2, 0.25) is 0 Å². The van der Waals surface area contributed by atoms with E-state index < -0.39 is 0 Å². The van der Waals surface area contributed by atoms with Crippen LogP contribution in [0.25, 0.3) is 0 Å². The van der Waals surface area contributed by atoms with Crippen LogP contribution >= 0.6 is 0 Å². The van der Waals surface area contributed by atoms with Crippen molar-refractivity contribution in [3.63, 3.8) is 0 Å². The highest BCUT2D eigenvalue weighted by molar-refractivity contribution is 5.52. The molecule has 0 heterocycles. The monoisotopic (exact) mass is 232 g/mol. The Kier molecular flexibility index (Phi) is 3.43. The zero-order chi connectivity index (χ0) is 12.5. The quantitative estimate of drug-likeness (QED) is 0.769. The van der Waals surface area contributed by atoms with Crippen LogP contribution < -0.4 is 11.1 Å². The highest BCUT2D eigenvalue weighted by atomic mass is 14.9. The second kappa shape index (κ2) is 4.69. The molecule has 0 aromatic heterocycles. The highest BCUT2D eigenvalue weighted by Crippen LogP contribution is 2.29. The number of nitrogen functional groups attached to an aromatic ring is 1. The Morgan fingerprint density at radius 1 is 1.35 bits per heavy atom. The number of nitrogens with one attached hydrogen (secondary N) is 1. The van der Waals surface area contributed by atoms with Crippen LogP contribution in [0.3, 0.4) is 0 Å². The molecule has 0 aliphatic heterocycles. The summed E-state index contributed by atoms with van der Waals surface area (Å²) in [7, 11) is 0. The zero-order valence-electron chi connectivity index (χ0n) is 11.2. The average Bonchev–Trinajstić information content (AvgIpc) is 2.26. The van der Waals surface area contributed by atoms with Gasteiger partial charge >= 0.3 is 0 Å². The van der Waals surface area contributed by atoms with E-state index in [2.05, 4.69) is 38.2 Å². The SMILES string of the molecule is CC(C)(C)NCC1CCc2cccc(N)c2C1. The molecule has 1 aromatic rings. The standard InChI is InChI=1S/C15H24N2/c1-15(2,3)17-10-11-7-8-12-5-4-6-14(16)13(12)9-11/h4-6,11,17H,7-10,16H2,1-3H3. The van der Waals surface area contributed by atoms with Crippen LogP contribution in [0.5, 0.6) is 0 Å². The van der Waals surface area contributed by atoms with E-state index in [9.17, 15) is 0 Å². The molecule has 17 heavy (non-hydrogen) atoms. The van der Waals surface area contributed by atoms with E-state index in [1.54, 1.807) is 0 Å². The number of aryl methyl sites for hydroxylation is 1. The molecule has 94 valence electrons. The van der Waals surface area contributed by atoms with Crippen molar-refractivity contribution in [1.29, 1.82) is 0 Å². The molecule has 0 bridgehead atoms. The summed E-state index contributed by atoms with van der Waals surface area (Å²) in [4.78, 5) is 0. The molecule has 2 heteroatoms. The van der Waals surface area contributed by atoms with Crippen molar-refractivity contribution in [3.05, 3.63) is 29.3 Å². The van der Waals surface area contributed by atoms with Crippen LogP contribution in [0.4, 0.5) is 5.69 Å². The number of hydrogen-bond donors (Lipinski definition) is 2. The van der Waals surface area contributed by atoms with Crippen LogP contribution in [0, 0.1) is 5.92 Å². The smallest absolute Gasteiger partial charge is 0.0349 e. The van der Waals surface area contributed by atoms with Crippen LogP contribution in [-0.4, -0.2) is 12.1 Å². The minimum absolute atomic E-state index is 0.211. The van der Waals surface area contributed by atoms with Gasteiger partial charge in [-0.3, -0.25) is 0 Å². The summed E-state index contributed by atoms with van der Waals surface area (Å²) in [6.45, 7) is 7.76. The Hall–Kier alpha value is -1.02. The van der Waals surface area contributed by atoms with Gasteiger partial charge in [0, 0.05) is 11.2 Å². The van der Waals surface area contributed by atoms with E-state index in [1.165, 1.54) is 24.0 Å². The van der Waals surface area contributed by atoms with Gasteiger partial charge in [0.05, 0.1) is 0 Å². The molecule has 1 aliphatic rings. The van der Waals surface area contributed by atoms with Crippen molar-refractivity contribution in [2.75, 3.05) is 12.3 Å². The van der Waals surface area contributed by atoms with E-state index in [1.807, 2.05) is 6.07 Å². The lowest BCUT2D eigenvalue weighted by molar-refractivity contribution is 0.349. The first-order valence-electron chi connectivity index (χ1n) is 6.57. The Balaban J connectivity index is 2.01. The van der Waals surface area contributed by atoms with Gasteiger partial charge < -0.3 is 11.1 Å². The van der Waals surface area contributed by atoms with Gasteiger partial charge in [0.15, 0.2) is 0 Å². The fourth-order valence-corrected chi connectivity index (χ4v) is 2.51. The van der Waals surface area contributed by atoms with Crippen molar-refractivity contribution >= 4 is 5.69 Å². The average molecular weight is 232 g/mol. The second-order valence-corrected chi connectivity index (χ2v) is 6.22. The fourth-order valence-electron chi connectivity index (χ4n) is 2.51. The minimum atomic E-state index is 0.211. The number of benzene rings is 1. The van der Waals surface area contributed by atoms with Crippen molar-refractivity contribution < 1.29 is 0 Å². The molecule has 2 nitrogen and oxygen atoms in total. The van der Waals surface area contributed by atoms with Crippen molar-refractivity contribution in [1.82, 2.24) is 5.32 Å². The second-order valence-electron chi connectivity index (χ2n) is 6.22. The van der Waals surface area contributed by atoms with Gasteiger partial charge in [-0.1, -0.05) is 12.1 Å². The molecule has 0 amide bonds. The summed E-state index contributed by atoms with van der Waals surface area (Å²) in [6, 6.07) is 6.32. The lowest BCUT2D eigenvalue weighted by Gasteiger charge is -2.29. The minimum Gasteiger partial charge on any atom is -0.398 e. The normalized spacial score (nSPS) is 20.1. The molecule has 0 radical (unpaired) electrons. The van der Waals surface area contributed by atoms with Crippen LogP contribution in [-0.2, 0) is 12.8 Å². The third-order valence-electron chi connectivity index (χ3n) is 3.55. The molecule has 1 aliphatic carbocycles. The maximum absolute atomic E-state index is 6.07. The predicted octanol–water partition coefficient (Wildman–Crippen LogP) is 2.76. The fraction of sp³-hybridized carbons (Fsp3) is 0.600. The first kappa shape index (κ1) is 12.4. The van der Waals surface area contributed by atoms with Crippen molar-refractivity contribution in [2.45, 2.75) is 45.6 Å². The van der Waals surface area contributed by atoms with Crippen LogP contribution in [0.2, 0.25) is 0 Å². The Morgan fingerprint density at radius 3 is 2.82 bits per heavy atom. The van der Waals surface area contributed by atoms with Crippen LogP contribution in [0.1, 0.15) is 38.3 Å². The molecule has 1 unspecified atom stereocenters. The van der Waals surface area contributed by atoms with Crippen molar-refractivity contribution in [2.24, 2.45) is 5.92 Å². The van der Waals surface area contributed by atoms with Gasteiger partial charge in [-0.15, -0.1) is 0 Å². The van der Waals surface area contributed by atoms with Gasteiger partial charge in [-0.2, -0.15) is 0 Å². The molecule has 1 atom stereocenters. The summed E-state index contributed by atoms with van der Waals surface area (Å²) in [5.74, 6) is 0.728. The van der Waals surface area contributed by atoms with Crippen LogP contribution in [0.15, 0.2) is 18.2 Å². The predicted molar refractivity (Wildman–Crippen MR) is 74.1 cm³/mol. The largest absolute Gasteiger partial charge is 0.398 e. The molecule has 2 rings (SSSR count). The number of rotatable bonds is 2. The topological polar surface area (TPSA) is 38.0 Å². The lowest BCUT2D eigenvalue weighted by Crippen LogP contribution is -2.40. The summed E-state index contributed by atoms with van der Waals surface area (Å²) < 4.78 is 0. The summed E-state index contributed by atoms with van der Waals surface area (Å²) in [6.07, 6.45) is 3.58. The molecule has 1 aromatic carbocycles. The van der Waals surface area contributed by atoms with E-state index in [0.717, 1.165) is 24.6 Å². The molecular formula is C15H24N2. The molecule has 0 spiro atoms. The van der Waals surface area contributed by atoms with Gasteiger partial charge in [-0.25, -0.2) is 0 Å². The van der Waals surface area contributed by atoms with Gasteiger partial charge in [0.1, 0.15) is 0 Å². The molecule has 0 fully saturated rings. The maximum Gasteiger partial charge on any atom is 0.0349 e. The number of fused-ring (bicyclic) bond motifs is 1. The van der Waals surface area contributed by atoms with E-state index in [-0.39, 0.29) is 5.54 Å². The summed E-state index contributed by atoms with van der Waals surface area (Å²) >= 11 is 0. The van der Waals surface area contributed by atoms with E-state index >= 15 is 0 Å². The lowest BCUT2D eigenvalue weighted by atomic mass is 9.83. The number of nitrogens with two attached hydrogens (primary N) is 1. The Bertz CT molecular complexity index is 390. The molecule has 3 N–H and O–H groups in total. The summed E-state index contributed by atoms with van der Waals surface area (Å²) in [5.41, 5.74) is 10.1. The Labute approximate surface area is 105 Å². The molecule has 0 saturated carbocycles. The highest BCUT2D eigenvalue weighted by Gasteiger charge is 2.21. The van der Waals surface area contributed by atoms with E-state index in [4.69, 9.17) is 5.73 Å². The van der Waals surface area contributed by atoms with Gasteiger partial charge in [-0.05, 0) is 69.7 Å². The van der Waals surface area contributed by atoms with E-state index in [0.29, 0.717) is 0 Å². The summed E-state index contributed by atoms with van der Waals surface area (Å²) in [5, 5.41) is 3.60. The molecular weight excluding hydrogens is 208 g/mol. The van der Waals surface area contributed by atoms with Crippen molar-refractivity contribution in [3.8, 4) is 0 Å². The third-order valence-corrected chi connectivity index (χ3v) is 3.55. The zero-order valence-corrected chi connectivity index (χ0v) is 11.2. The third kappa shape index (κ3) is 3.22. The van der Waals surface area contributed by atoms with Gasteiger partial charge in [0.25, 0.3) is 0 Å². The number of anilines is 1. The maximum atomic E-state index is 6.07. The Morgan fingerprint density at radius 2 is 2.12 bits per heavy atom. The number of hydrogen-bond acceptors (Lipinski definition) is 2. The molecule has 0 saturated heterocycles. The first-order valence-corrected chi connectivity index (χ1v) is 6.57.